The van der Waals surface area contributed by atoms with Crippen molar-refractivity contribution in [1.29, 1.82) is 5.41 Å². The Morgan fingerprint density at radius 3 is 2.29 bits per heavy atom. The van der Waals surface area contributed by atoms with E-state index in [0.29, 0.717) is 24.2 Å². The standard InChI is InChI=1S/C24H22FN3O3/c25-21-14-19(17-4-2-1-3-5-17)10-11-20(21)24(31)28-23(26)18-8-6-16(7-9-18)15-27-13-12-22(29)30/h1-11,14,27H,12-13,15H2,(H,29,30)(H2,26,28,31). The number of halogens is 1. The molecule has 0 saturated carbocycles. The number of amides is 1. The lowest BCUT2D eigenvalue weighted by atomic mass is 10.0. The van der Waals surface area contributed by atoms with Gasteiger partial charge in [-0.15, -0.1) is 0 Å². The molecule has 0 bridgehead atoms. The third-order valence-electron chi connectivity index (χ3n) is 4.65. The first kappa shape index (κ1) is 21.9. The SMILES string of the molecule is N=C(NC(=O)c1ccc(-c2ccccc2)cc1F)c1ccc(CNCCC(=O)O)cc1. The molecule has 0 aliphatic carbocycles. The van der Waals surface area contributed by atoms with E-state index in [1.807, 2.05) is 30.3 Å². The molecule has 6 nitrogen and oxygen atoms in total. The molecule has 7 heteroatoms. The summed E-state index contributed by atoms with van der Waals surface area (Å²) in [5.41, 5.74) is 2.76. The summed E-state index contributed by atoms with van der Waals surface area (Å²) < 4.78 is 14.5. The maximum absolute atomic E-state index is 14.5. The molecule has 4 N–H and O–H groups in total. The number of carbonyl (C=O) groups excluding carboxylic acids is 1. The van der Waals surface area contributed by atoms with Crippen molar-refractivity contribution >= 4 is 17.7 Å². The Morgan fingerprint density at radius 2 is 1.65 bits per heavy atom. The molecular formula is C24H22FN3O3. The van der Waals surface area contributed by atoms with Crippen LogP contribution in [0.2, 0.25) is 0 Å². The first-order valence-corrected chi connectivity index (χ1v) is 9.71. The maximum Gasteiger partial charge on any atom is 0.304 e. The van der Waals surface area contributed by atoms with Gasteiger partial charge in [0.05, 0.1) is 12.0 Å². The monoisotopic (exact) mass is 419 g/mol. The molecule has 0 spiro atoms. The zero-order valence-corrected chi connectivity index (χ0v) is 16.7. The number of hydrogen-bond donors (Lipinski definition) is 4. The molecule has 3 aromatic rings. The summed E-state index contributed by atoms with van der Waals surface area (Å²) in [5, 5.41) is 22.2. The van der Waals surface area contributed by atoms with E-state index in [0.717, 1.165) is 11.1 Å². The predicted molar refractivity (Wildman–Crippen MR) is 117 cm³/mol. The largest absolute Gasteiger partial charge is 0.481 e. The van der Waals surface area contributed by atoms with Crippen molar-refractivity contribution in [1.82, 2.24) is 10.6 Å². The quantitative estimate of drug-likeness (QED) is 0.253. The zero-order valence-electron chi connectivity index (χ0n) is 16.7. The van der Waals surface area contributed by atoms with Crippen molar-refractivity contribution in [2.45, 2.75) is 13.0 Å². The molecule has 158 valence electrons. The lowest BCUT2D eigenvalue weighted by Gasteiger charge is -2.10. The minimum Gasteiger partial charge on any atom is -0.481 e. The van der Waals surface area contributed by atoms with Crippen LogP contribution in [0.1, 0.15) is 27.9 Å². The number of rotatable bonds is 8. The van der Waals surface area contributed by atoms with E-state index in [4.69, 9.17) is 10.5 Å². The highest BCUT2D eigenvalue weighted by Crippen LogP contribution is 2.21. The van der Waals surface area contributed by atoms with Gasteiger partial charge in [0.25, 0.3) is 5.91 Å². The second-order valence-electron chi connectivity index (χ2n) is 6.91. The van der Waals surface area contributed by atoms with Crippen LogP contribution in [0.5, 0.6) is 0 Å². The van der Waals surface area contributed by atoms with Gasteiger partial charge in [-0.1, -0.05) is 60.7 Å². The Morgan fingerprint density at radius 1 is 0.935 bits per heavy atom. The first-order chi connectivity index (χ1) is 14.9. The van der Waals surface area contributed by atoms with Crippen LogP contribution in [0.4, 0.5) is 4.39 Å². The minimum absolute atomic E-state index is 0.0393. The van der Waals surface area contributed by atoms with Crippen LogP contribution in [0, 0.1) is 11.2 Å². The van der Waals surface area contributed by atoms with Gasteiger partial charge in [-0.25, -0.2) is 4.39 Å². The van der Waals surface area contributed by atoms with E-state index >= 15 is 0 Å². The van der Waals surface area contributed by atoms with Crippen LogP contribution in [-0.2, 0) is 11.3 Å². The Labute approximate surface area is 179 Å². The molecule has 3 rings (SSSR count). The summed E-state index contributed by atoms with van der Waals surface area (Å²) in [6.45, 7) is 0.851. The van der Waals surface area contributed by atoms with Crippen molar-refractivity contribution in [2.75, 3.05) is 6.54 Å². The molecule has 0 radical (unpaired) electrons. The van der Waals surface area contributed by atoms with E-state index in [1.54, 1.807) is 30.3 Å². The number of carbonyl (C=O) groups is 2. The number of amidine groups is 1. The number of aliphatic carboxylic acids is 1. The van der Waals surface area contributed by atoms with E-state index in [9.17, 15) is 14.0 Å². The van der Waals surface area contributed by atoms with Gasteiger partial charge in [0.2, 0.25) is 0 Å². The molecule has 0 atom stereocenters. The van der Waals surface area contributed by atoms with Gasteiger partial charge in [-0.05, 0) is 28.8 Å². The topological polar surface area (TPSA) is 102 Å². The van der Waals surface area contributed by atoms with Crippen LogP contribution < -0.4 is 10.6 Å². The van der Waals surface area contributed by atoms with E-state index < -0.39 is 17.7 Å². The zero-order chi connectivity index (χ0) is 22.2. The van der Waals surface area contributed by atoms with Gasteiger partial charge in [-0.3, -0.25) is 15.0 Å². The lowest BCUT2D eigenvalue weighted by Crippen LogP contribution is -2.31. The number of benzene rings is 3. The summed E-state index contributed by atoms with van der Waals surface area (Å²) in [6.07, 6.45) is 0.0393. The van der Waals surface area contributed by atoms with E-state index in [2.05, 4.69) is 10.6 Å². The molecule has 0 aromatic heterocycles. The van der Waals surface area contributed by atoms with Crippen molar-refractivity contribution in [3.63, 3.8) is 0 Å². The molecule has 0 unspecified atom stereocenters. The first-order valence-electron chi connectivity index (χ1n) is 9.71. The molecule has 0 saturated heterocycles. The maximum atomic E-state index is 14.5. The van der Waals surface area contributed by atoms with E-state index in [-0.39, 0.29) is 17.8 Å². The highest BCUT2D eigenvalue weighted by Gasteiger charge is 2.15. The summed E-state index contributed by atoms with van der Waals surface area (Å²) >= 11 is 0. The summed E-state index contributed by atoms with van der Waals surface area (Å²) in [4.78, 5) is 22.9. The molecule has 0 aliphatic heterocycles. The Hall–Kier alpha value is -3.84. The van der Waals surface area contributed by atoms with Crippen molar-refractivity contribution < 1.29 is 19.1 Å². The highest BCUT2D eigenvalue weighted by atomic mass is 19.1. The molecule has 0 heterocycles. The molecular weight excluding hydrogens is 397 g/mol. The fourth-order valence-corrected chi connectivity index (χ4v) is 2.98. The minimum atomic E-state index is -0.863. The number of nitrogens with one attached hydrogen (secondary N) is 3. The summed E-state index contributed by atoms with van der Waals surface area (Å²) in [6, 6.07) is 20.6. The number of carboxylic acid groups (broad SMARTS) is 1. The van der Waals surface area contributed by atoms with Crippen LogP contribution >= 0.6 is 0 Å². The van der Waals surface area contributed by atoms with Gasteiger partial charge in [-0.2, -0.15) is 0 Å². The predicted octanol–water partition coefficient (Wildman–Crippen LogP) is 3.81. The van der Waals surface area contributed by atoms with Crippen LogP contribution in [-0.4, -0.2) is 29.4 Å². The average molecular weight is 419 g/mol. The van der Waals surface area contributed by atoms with Gasteiger partial charge in [0.1, 0.15) is 11.7 Å². The van der Waals surface area contributed by atoms with Crippen LogP contribution in [0.25, 0.3) is 11.1 Å². The average Bonchev–Trinajstić information content (AvgIpc) is 2.77. The third kappa shape index (κ3) is 6.07. The highest BCUT2D eigenvalue weighted by molar-refractivity contribution is 6.11. The molecule has 31 heavy (non-hydrogen) atoms. The van der Waals surface area contributed by atoms with Gasteiger partial charge >= 0.3 is 5.97 Å². The van der Waals surface area contributed by atoms with Crippen molar-refractivity contribution in [3.8, 4) is 11.1 Å². The molecule has 3 aromatic carbocycles. The normalized spacial score (nSPS) is 10.5. The van der Waals surface area contributed by atoms with Gasteiger partial charge in [0.15, 0.2) is 0 Å². The van der Waals surface area contributed by atoms with Crippen molar-refractivity contribution in [3.05, 3.63) is 95.3 Å². The Balaban J connectivity index is 1.60. The fourth-order valence-electron chi connectivity index (χ4n) is 2.98. The summed E-state index contributed by atoms with van der Waals surface area (Å²) in [7, 11) is 0. The second kappa shape index (κ2) is 10.3. The Bertz CT molecular complexity index is 1080. The lowest BCUT2D eigenvalue weighted by molar-refractivity contribution is -0.136. The molecule has 1 amide bonds. The number of carboxylic acids is 1. The van der Waals surface area contributed by atoms with Crippen LogP contribution in [0.3, 0.4) is 0 Å². The number of hydrogen-bond acceptors (Lipinski definition) is 4. The Kier molecular flexibility index (Phi) is 7.24. The van der Waals surface area contributed by atoms with E-state index in [1.165, 1.54) is 12.1 Å². The smallest absolute Gasteiger partial charge is 0.304 e. The second-order valence-corrected chi connectivity index (χ2v) is 6.91. The fraction of sp³-hybridized carbons (Fsp3) is 0.125. The van der Waals surface area contributed by atoms with Gasteiger partial charge in [0, 0.05) is 18.7 Å². The van der Waals surface area contributed by atoms with Crippen LogP contribution in [0.15, 0.2) is 72.8 Å². The molecule has 0 fully saturated rings. The van der Waals surface area contributed by atoms with Gasteiger partial charge < -0.3 is 15.7 Å². The molecule has 0 aliphatic rings. The summed E-state index contributed by atoms with van der Waals surface area (Å²) in [5.74, 6) is -2.35. The third-order valence-corrected chi connectivity index (χ3v) is 4.65. The van der Waals surface area contributed by atoms with Crippen molar-refractivity contribution in [2.24, 2.45) is 0 Å².